The fourth-order valence-electron chi connectivity index (χ4n) is 6.59. The molecule has 6 heteroatoms. The normalized spacial score (nSPS) is 34.0. The first-order valence-corrected chi connectivity index (χ1v) is 11.5. The Morgan fingerprint density at radius 3 is 2.56 bits per heavy atom. The number of esters is 1. The number of benzene rings is 1. The molecule has 5 atom stereocenters. The lowest BCUT2D eigenvalue weighted by Gasteiger charge is -2.62. The van der Waals surface area contributed by atoms with Crippen LogP contribution < -0.4 is 10.4 Å². The molecule has 1 unspecified atom stereocenters. The number of hydrogen-bond acceptors (Lipinski definition) is 6. The first kappa shape index (κ1) is 22.8. The molecule has 6 nitrogen and oxygen atoms in total. The molecule has 4 rings (SSSR count). The van der Waals surface area contributed by atoms with Crippen molar-refractivity contribution in [3.63, 3.8) is 0 Å². The van der Waals surface area contributed by atoms with Crippen LogP contribution in [0.25, 0.3) is 11.0 Å². The molecule has 2 aliphatic rings. The van der Waals surface area contributed by atoms with Crippen molar-refractivity contribution in [1.29, 1.82) is 0 Å². The average Bonchev–Trinajstić information content (AvgIpc) is 2.68. The Morgan fingerprint density at radius 1 is 1.12 bits per heavy atom. The molecule has 2 aromatic rings. The quantitative estimate of drug-likeness (QED) is 0.545. The summed E-state index contributed by atoms with van der Waals surface area (Å²) in [6.45, 7) is 10.4. The maximum absolute atomic E-state index is 11.7. The second-order valence-electron chi connectivity index (χ2n) is 10.7. The highest BCUT2D eigenvalue weighted by molar-refractivity contribution is 5.77. The third-order valence-corrected chi connectivity index (χ3v) is 8.27. The van der Waals surface area contributed by atoms with Gasteiger partial charge in [-0.1, -0.05) is 20.8 Å². The molecule has 2 saturated carbocycles. The molecule has 2 aliphatic carbocycles. The SMILES string of the molecule is CC(=O)O[C@H]1CC[C@]2(C)C(CC[C@](C)(O)[C@H]2COc2ccc3ccc(=O)oc3c2)C1(C)C. The molecule has 174 valence electrons. The van der Waals surface area contributed by atoms with Gasteiger partial charge in [-0.05, 0) is 62.1 Å². The van der Waals surface area contributed by atoms with Crippen LogP contribution in [0.1, 0.15) is 60.3 Å². The monoisotopic (exact) mass is 442 g/mol. The second-order valence-corrected chi connectivity index (χ2v) is 10.7. The number of aliphatic hydroxyl groups is 1. The van der Waals surface area contributed by atoms with Crippen LogP contribution in [0.2, 0.25) is 0 Å². The van der Waals surface area contributed by atoms with Gasteiger partial charge < -0.3 is 19.0 Å². The average molecular weight is 443 g/mol. The highest BCUT2D eigenvalue weighted by Crippen LogP contribution is 2.62. The van der Waals surface area contributed by atoms with Crippen molar-refractivity contribution in [2.24, 2.45) is 22.7 Å². The van der Waals surface area contributed by atoms with E-state index in [1.165, 1.54) is 13.0 Å². The van der Waals surface area contributed by atoms with E-state index in [4.69, 9.17) is 13.9 Å². The molecule has 1 N–H and O–H groups in total. The van der Waals surface area contributed by atoms with Crippen molar-refractivity contribution >= 4 is 16.9 Å². The number of rotatable bonds is 4. The van der Waals surface area contributed by atoms with Gasteiger partial charge in [0.2, 0.25) is 0 Å². The van der Waals surface area contributed by atoms with Gasteiger partial charge in [0.25, 0.3) is 0 Å². The van der Waals surface area contributed by atoms with Crippen LogP contribution in [0.5, 0.6) is 5.75 Å². The van der Waals surface area contributed by atoms with E-state index in [-0.39, 0.29) is 34.7 Å². The van der Waals surface area contributed by atoms with Crippen LogP contribution in [0, 0.1) is 22.7 Å². The van der Waals surface area contributed by atoms with E-state index in [0.29, 0.717) is 24.4 Å². The van der Waals surface area contributed by atoms with Crippen LogP contribution in [0.3, 0.4) is 0 Å². The predicted molar refractivity (Wildman–Crippen MR) is 121 cm³/mol. The van der Waals surface area contributed by atoms with Crippen LogP contribution in [0.15, 0.2) is 39.5 Å². The third-order valence-electron chi connectivity index (χ3n) is 8.27. The summed E-state index contributed by atoms with van der Waals surface area (Å²) < 4.78 is 17.2. The van der Waals surface area contributed by atoms with Crippen LogP contribution in [-0.2, 0) is 9.53 Å². The van der Waals surface area contributed by atoms with Gasteiger partial charge in [0.1, 0.15) is 17.4 Å². The maximum atomic E-state index is 11.7. The van der Waals surface area contributed by atoms with Gasteiger partial charge in [-0.15, -0.1) is 0 Å². The Balaban J connectivity index is 1.59. The van der Waals surface area contributed by atoms with Crippen LogP contribution in [-0.4, -0.2) is 29.4 Å². The summed E-state index contributed by atoms with van der Waals surface area (Å²) in [5.74, 6) is 0.569. The zero-order chi connectivity index (χ0) is 23.3. The minimum atomic E-state index is -0.862. The van der Waals surface area contributed by atoms with Gasteiger partial charge in [-0.25, -0.2) is 4.79 Å². The zero-order valence-electron chi connectivity index (χ0n) is 19.6. The molecule has 32 heavy (non-hydrogen) atoms. The fourth-order valence-corrected chi connectivity index (χ4v) is 6.59. The highest BCUT2D eigenvalue weighted by atomic mass is 16.5. The van der Waals surface area contributed by atoms with E-state index >= 15 is 0 Å². The van der Waals surface area contributed by atoms with E-state index < -0.39 is 11.2 Å². The molecule has 0 spiro atoms. The largest absolute Gasteiger partial charge is 0.493 e. The lowest BCUT2D eigenvalue weighted by atomic mass is 9.45. The number of fused-ring (bicyclic) bond motifs is 2. The first-order chi connectivity index (χ1) is 14.9. The molecule has 1 heterocycles. The predicted octanol–water partition coefficient (Wildman–Crippen LogP) is 4.71. The molecule has 0 aliphatic heterocycles. The lowest BCUT2D eigenvalue weighted by Crippen LogP contribution is -2.62. The van der Waals surface area contributed by atoms with Crippen molar-refractivity contribution < 1.29 is 23.8 Å². The first-order valence-electron chi connectivity index (χ1n) is 11.5. The Kier molecular flexibility index (Phi) is 5.64. The Bertz CT molecular complexity index is 1070. The number of ether oxygens (including phenoxy) is 2. The molecule has 0 bridgehead atoms. The van der Waals surface area contributed by atoms with E-state index in [2.05, 4.69) is 20.8 Å². The molecule has 0 saturated heterocycles. The zero-order valence-corrected chi connectivity index (χ0v) is 19.6. The van der Waals surface area contributed by atoms with E-state index in [0.717, 1.165) is 24.6 Å². The van der Waals surface area contributed by atoms with Gasteiger partial charge in [-0.2, -0.15) is 0 Å². The van der Waals surface area contributed by atoms with Crippen molar-refractivity contribution in [2.45, 2.75) is 72.0 Å². The summed E-state index contributed by atoms with van der Waals surface area (Å²) in [7, 11) is 0. The molecule has 2 fully saturated rings. The smallest absolute Gasteiger partial charge is 0.336 e. The Labute approximate surface area is 188 Å². The summed E-state index contributed by atoms with van der Waals surface area (Å²) in [5, 5.41) is 12.2. The Morgan fingerprint density at radius 2 is 1.84 bits per heavy atom. The minimum Gasteiger partial charge on any atom is -0.493 e. The summed E-state index contributed by atoms with van der Waals surface area (Å²) in [6.07, 6.45) is 3.06. The van der Waals surface area contributed by atoms with Gasteiger partial charge in [0, 0.05) is 35.8 Å². The van der Waals surface area contributed by atoms with E-state index in [1.807, 2.05) is 19.1 Å². The molecule has 1 aromatic carbocycles. The number of carbonyl (C=O) groups excluding carboxylic acids is 1. The molecular weight excluding hydrogens is 408 g/mol. The summed E-state index contributed by atoms with van der Waals surface area (Å²) in [5.41, 5.74) is -1.13. The van der Waals surface area contributed by atoms with E-state index in [1.54, 1.807) is 12.1 Å². The van der Waals surface area contributed by atoms with Crippen molar-refractivity contribution in [3.8, 4) is 5.75 Å². The van der Waals surface area contributed by atoms with Crippen LogP contribution >= 0.6 is 0 Å². The summed E-state index contributed by atoms with van der Waals surface area (Å²) in [4.78, 5) is 23.2. The number of carbonyl (C=O) groups is 1. The molecule has 0 radical (unpaired) electrons. The van der Waals surface area contributed by atoms with Gasteiger partial charge in [0.05, 0.1) is 12.2 Å². The third kappa shape index (κ3) is 3.94. The molecule has 0 amide bonds. The van der Waals surface area contributed by atoms with Crippen LogP contribution in [0.4, 0.5) is 0 Å². The van der Waals surface area contributed by atoms with Gasteiger partial charge in [-0.3, -0.25) is 4.79 Å². The minimum absolute atomic E-state index is 0.0928. The van der Waals surface area contributed by atoms with Crippen molar-refractivity contribution in [2.75, 3.05) is 6.61 Å². The fraction of sp³-hybridized carbons (Fsp3) is 0.615. The summed E-state index contributed by atoms with van der Waals surface area (Å²) in [6, 6.07) is 8.59. The topological polar surface area (TPSA) is 86.0 Å². The standard InChI is InChI=1S/C26H34O6/c1-16(27)31-22-11-12-25(4)20(24(22,2)3)10-13-26(5,29)21(25)15-30-18-8-6-17-7-9-23(28)32-19(17)14-18/h6-9,14,20-22,29H,10-13,15H2,1-5H3/t20?,21-,22-,25+,26-/m0/s1. The van der Waals surface area contributed by atoms with Gasteiger partial charge in [0.15, 0.2) is 0 Å². The van der Waals surface area contributed by atoms with Crippen molar-refractivity contribution in [3.05, 3.63) is 40.8 Å². The van der Waals surface area contributed by atoms with Gasteiger partial charge >= 0.3 is 11.6 Å². The summed E-state index contributed by atoms with van der Waals surface area (Å²) >= 11 is 0. The Hall–Kier alpha value is -2.34. The maximum Gasteiger partial charge on any atom is 0.336 e. The highest BCUT2D eigenvalue weighted by Gasteiger charge is 2.61. The lowest BCUT2D eigenvalue weighted by molar-refractivity contribution is -0.210. The molecule has 1 aromatic heterocycles. The second kappa shape index (κ2) is 7.91. The van der Waals surface area contributed by atoms with E-state index in [9.17, 15) is 14.7 Å². The molecular formula is C26H34O6. The number of hydrogen-bond donors (Lipinski definition) is 1. The van der Waals surface area contributed by atoms with Crippen molar-refractivity contribution in [1.82, 2.24) is 0 Å².